The zero-order chi connectivity index (χ0) is 17.5. The highest BCUT2D eigenvalue weighted by Gasteiger charge is 2.32. The van der Waals surface area contributed by atoms with E-state index in [1.165, 1.54) is 18.9 Å². The average Bonchev–Trinajstić information content (AvgIpc) is 3.37. The van der Waals surface area contributed by atoms with Crippen molar-refractivity contribution >= 4 is 29.9 Å². The quantitative estimate of drug-likeness (QED) is 0.353. The molecule has 1 aromatic carbocycles. The molecule has 142 valence electrons. The molecule has 0 spiro atoms. The van der Waals surface area contributed by atoms with Gasteiger partial charge in [-0.1, -0.05) is 12.1 Å². The van der Waals surface area contributed by atoms with Crippen molar-refractivity contribution in [1.29, 1.82) is 0 Å². The number of ether oxygens (including phenoxy) is 1. The maximum atomic E-state index is 13.6. The second kappa shape index (κ2) is 10.8. The summed E-state index contributed by atoms with van der Waals surface area (Å²) in [5, 5.41) is 6.61. The first-order valence-electron chi connectivity index (χ1n) is 8.53. The van der Waals surface area contributed by atoms with Gasteiger partial charge in [0, 0.05) is 19.6 Å². The SMILES string of the molecule is CN=C(NCC(C)Oc1ccccc1F)NCC(C1CC1)N(C)C.I. The summed E-state index contributed by atoms with van der Waals surface area (Å²) in [5.74, 6) is 1.46. The van der Waals surface area contributed by atoms with Crippen LogP contribution in [0.4, 0.5) is 4.39 Å². The second-order valence-corrected chi connectivity index (χ2v) is 6.56. The molecule has 0 saturated heterocycles. The second-order valence-electron chi connectivity index (χ2n) is 6.56. The van der Waals surface area contributed by atoms with E-state index in [1.54, 1.807) is 25.2 Å². The van der Waals surface area contributed by atoms with Gasteiger partial charge in [-0.2, -0.15) is 0 Å². The van der Waals surface area contributed by atoms with Crippen molar-refractivity contribution in [2.45, 2.75) is 31.9 Å². The van der Waals surface area contributed by atoms with E-state index in [0.717, 1.165) is 18.4 Å². The van der Waals surface area contributed by atoms with Gasteiger partial charge in [-0.3, -0.25) is 4.99 Å². The van der Waals surface area contributed by atoms with Crippen LogP contribution in [-0.2, 0) is 0 Å². The van der Waals surface area contributed by atoms with E-state index in [1.807, 2.05) is 6.92 Å². The van der Waals surface area contributed by atoms with Crippen molar-refractivity contribution in [2.75, 3.05) is 34.2 Å². The molecular formula is C18H30FIN4O. The molecule has 7 heteroatoms. The smallest absolute Gasteiger partial charge is 0.191 e. The van der Waals surface area contributed by atoms with Crippen molar-refractivity contribution in [1.82, 2.24) is 15.5 Å². The van der Waals surface area contributed by atoms with Crippen LogP contribution in [-0.4, -0.2) is 57.2 Å². The van der Waals surface area contributed by atoms with Gasteiger partial charge < -0.3 is 20.3 Å². The van der Waals surface area contributed by atoms with E-state index >= 15 is 0 Å². The van der Waals surface area contributed by atoms with Crippen LogP contribution < -0.4 is 15.4 Å². The zero-order valence-electron chi connectivity index (χ0n) is 15.5. The van der Waals surface area contributed by atoms with Crippen LogP contribution >= 0.6 is 24.0 Å². The monoisotopic (exact) mass is 464 g/mol. The van der Waals surface area contributed by atoms with Crippen LogP contribution in [0.25, 0.3) is 0 Å². The predicted octanol–water partition coefficient (Wildman–Crippen LogP) is 2.72. The maximum absolute atomic E-state index is 13.6. The van der Waals surface area contributed by atoms with E-state index in [4.69, 9.17) is 4.74 Å². The minimum absolute atomic E-state index is 0. The Morgan fingerprint density at radius 1 is 1.28 bits per heavy atom. The summed E-state index contributed by atoms with van der Waals surface area (Å²) < 4.78 is 19.2. The molecule has 0 bridgehead atoms. The van der Waals surface area contributed by atoms with Crippen LogP contribution in [0.3, 0.4) is 0 Å². The van der Waals surface area contributed by atoms with Gasteiger partial charge in [0.05, 0.1) is 6.54 Å². The fraction of sp³-hybridized carbons (Fsp3) is 0.611. The molecule has 1 saturated carbocycles. The van der Waals surface area contributed by atoms with Crippen molar-refractivity contribution < 1.29 is 9.13 Å². The van der Waals surface area contributed by atoms with E-state index in [-0.39, 0.29) is 41.6 Å². The lowest BCUT2D eigenvalue weighted by atomic mass is 10.1. The molecule has 0 heterocycles. The van der Waals surface area contributed by atoms with Crippen LogP contribution in [0.1, 0.15) is 19.8 Å². The van der Waals surface area contributed by atoms with Crippen LogP contribution in [0, 0.1) is 11.7 Å². The number of rotatable bonds is 8. The fourth-order valence-electron chi connectivity index (χ4n) is 2.71. The minimum Gasteiger partial charge on any atom is -0.486 e. The molecule has 2 rings (SSSR count). The summed E-state index contributed by atoms with van der Waals surface area (Å²) in [6.45, 7) is 3.31. The predicted molar refractivity (Wildman–Crippen MR) is 111 cm³/mol. The summed E-state index contributed by atoms with van der Waals surface area (Å²) in [5.41, 5.74) is 0. The summed E-state index contributed by atoms with van der Waals surface area (Å²) in [4.78, 5) is 6.51. The molecule has 0 aliphatic heterocycles. The molecule has 0 amide bonds. The third-order valence-electron chi connectivity index (χ3n) is 4.25. The first kappa shape index (κ1) is 22.0. The fourth-order valence-corrected chi connectivity index (χ4v) is 2.71. The Balaban J connectivity index is 0.00000312. The van der Waals surface area contributed by atoms with E-state index in [0.29, 0.717) is 12.6 Å². The van der Waals surface area contributed by atoms with E-state index in [2.05, 4.69) is 34.6 Å². The van der Waals surface area contributed by atoms with Gasteiger partial charge in [0.1, 0.15) is 6.10 Å². The third-order valence-corrected chi connectivity index (χ3v) is 4.25. The van der Waals surface area contributed by atoms with Crippen molar-refractivity contribution in [3.05, 3.63) is 30.1 Å². The molecule has 5 nitrogen and oxygen atoms in total. The van der Waals surface area contributed by atoms with Crippen LogP contribution in [0.5, 0.6) is 5.75 Å². The van der Waals surface area contributed by atoms with Gasteiger partial charge in [0.2, 0.25) is 0 Å². The third kappa shape index (κ3) is 7.35. The molecule has 0 radical (unpaired) electrons. The summed E-state index contributed by atoms with van der Waals surface area (Å²) in [6, 6.07) is 6.97. The summed E-state index contributed by atoms with van der Waals surface area (Å²) in [7, 11) is 5.98. The lowest BCUT2D eigenvalue weighted by molar-refractivity contribution is 0.213. The number of guanidine groups is 1. The summed E-state index contributed by atoms with van der Waals surface area (Å²) >= 11 is 0. The molecular weight excluding hydrogens is 434 g/mol. The highest BCUT2D eigenvalue weighted by atomic mass is 127. The summed E-state index contributed by atoms with van der Waals surface area (Å²) in [6.07, 6.45) is 2.45. The Morgan fingerprint density at radius 2 is 1.92 bits per heavy atom. The number of nitrogens with one attached hydrogen (secondary N) is 2. The minimum atomic E-state index is -0.342. The van der Waals surface area contributed by atoms with Gasteiger partial charge >= 0.3 is 0 Å². The zero-order valence-corrected chi connectivity index (χ0v) is 17.8. The number of hydrogen-bond donors (Lipinski definition) is 2. The van der Waals surface area contributed by atoms with Crippen LogP contribution in [0.2, 0.25) is 0 Å². The Labute approximate surface area is 167 Å². The van der Waals surface area contributed by atoms with Gasteiger partial charge in [0.25, 0.3) is 0 Å². The lowest BCUT2D eigenvalue weighted by Crippen LogP contribution is -2.47. The maximum Gasteiger partial charge on any atom is 0.191 e. The largest absolute Gasteiger partial charge is 0.486 e. The average molecular weight is 464 g/mol. The number of aliphatic imine (C=N–C) groups is 1. The van der Waals surface area contributed by atoms with Gasteiger partial charge in [0.15, 0.2) is 17.5 Å². The van der Waals surface area contributed by atoms with Crippen molar-refractivity contribution in [2.24, 2.45) is 10.9 Å². The molecule has 25 heavy (non-hydrogen) atoms. The molecule has 0 aromatic heterocycles. The van der Waals surface area contributed by atoms with Crippen molar-refractivity contribution in [3.63, 3.8) is 0 Å². The first-order valence-corrected chi connectivity index (χ1v) is 8.53. The molecule has 1 aliphatic carbocycles. The number of likely N-dealkylation sites (N-methyl/N-ethyl adjacent to an activating group) is 1. The number of halogens is 2. The Bertz CT molecular complexity index is 550. The lowest BCUT2D eigenvalue weighted by Gasteiger charge is -2.25. The van der Waals surface area contributed by atoms with Gasteiger partial charge in [-0.15, -0.1) is 24.0 Å². The number of benzene rings is 1. The molecule has 2 atom stereocenters. The molecule has 1 aliphatic rings. The van der Waals surface area contributed by atoms with Crippen LogP contribution in [0.15, 0.2) is 29.3 Å². The van der Waals surface area contributed by atoms with Gasteiger partial charge in [-0.25, -0.2) is 4.39 Å². The van der Waals surface area contributed by atoms with E-state index in [9.17, 15) is 4.39 Å². The van der Waals surface area contributed by atoms with Crippen molar-refractivity contribution in [3.8, 4) is 5.75 Å². The highest BCUT2D eigenvalue weighted by molar-refractivity contribution is 14.0. The standard InChI is InChI=1S/C18H29FN4O.HI/c1-13(24-17-8-6-5-7-15(17)19)11-21-18(20-2)22-12-16(23(3)4)14-9-10-14;/h5-8,13-14,16H,9-12H2,1-4H3,(H2,20,21,22);1H. The number of para-hydroxylation sites is 1. The topological polar surface area (TPSA) is 48.9 Å². The molecule has 1 fully saturated rings. The highest BCUT2D eigenvalue weighted by Crippen LogP contribution is 2.34. The Kier molecular flexibility index (Phi) is 9.48. The Hall–Kier alpha value is -1.09. The number of hydrogen-bond acceptors (Lipinski definition) is 3. The van der Waals surface area contributed by atoms with Gasteiger partial charge in [-0.05, 0) is 51.9 Å². The first-order chi connectivity index (χ1) is 11.5. The normalized spacial score (nSPS) is 16.8. The molecule has 1 aromatic rings. The molecule has 2 unspecified atom stereocenters. The number of nitrogens with zero attached hydrogens (tertiary/aromatic N) is 2. The molecule has 2 N–H and O–H groups in total. The van der Waals surface area contributed by atoms with E-state index < -0.39 is 0 Å². The Morgan fingerprint density at radius 3 is 2.48 bits per heavy atom.